The third-order valence-corrected chi connectivity index (χ3v) is 4.63. The van der Waals surface area contributed by atoms with Gasteiger partial charge in [-0.3, -0.25) is 0 Å². The van der Waals surface area contributed by atoms with Crippen LogP contribution in [-0.2, 0) is 11.3 Å². The Morgan fingerprint density at radius 2 is 1.96 bits per heavy atom. The topological polar surface area (TPSA) is 132 Å². The highest BCUT2D eigenvalue weighted by molar-refractivity contribution is 5.90. The Morgan fingerprint density at radius 3 is 2.61 bits per heavy atom. The number of nitrogens with zero attached hydrogens (tertiary/aromatic N) is 4. The van der Waals surface area contributed by atoms with Crippen molar-refractivity contribution in [2.24, 2.45) is 16.5 Å². The van der Waals surface area contributed by atoms with Gasteiger partial charge in [-0.2, -0.15) is 4.99 Å². The number of aliphatic imine (C=N–C) groups is 1. The minimum Gasteiger partial charge on any atom is -0.381 e. The molecule has 9 nitrogen and oxygen atoms in total. The highest BCUT2D eigenvalue weighted by Gasteiger charge is 2.20. The van der Waals surface area contributed by atoms with Gasteiger partial charge >= 0.3 is 6.03 Å². The number of methoxy groups -OCH3 is 1. The molecular formula is C19H25N7O2. The standard InChI is InChI=1S/C19H25N7O2/c1-28-16-5-7-26(8-6-16)18-22-11-15(12-23-18)14-4-2-3-13(9-14)10-24-19(27)25-17(20)21/h2-4,9,11-12,16H,5-8,10H2,1H3,(H5,20,21,24,25,27). The van der Waals surface area contributed by atoms with Crippen LogP contribution in [0.2, 0.25) is 0 Å². The molecule has 0 bridgehead atoms. The Balaban J connectivity index is 1.64. The van der Waals surface area contributed by atoms with E-state index in [1.807, 2.05) is 36.7 Å². The van der Waals surface area contributed by atoms with Gasteiger partial charge < -0.3 is 26.4 Å². The molecule has 1 aromatic carbocycles. The monoisotopic (exact) mass is 383 g/mol. The Kier molecular flexibility index (Phi) is 6.38. The van der Waals surface area contributed by atoms with Gasteiger partial charge in [-0.1, -0.05) is 18.2 Å². The molecule has 1 saturated heterocycles. The number of urea groups is 1. The Hall–Kier alpha value is -3.20. The molecule has 0 radical (unpaired) electrons. The minimum absolute atomic E-state index is 0.269. The van der Waals surface area contributed by atoms with E-state index in [1.165, 1.54) is 0 Å². The summed E-state index contributed by atoms with van der Waals surface area (Å²) in [6, 6.07) is 7.20. The van der Waals surface area contributed by atoms with Crippen LogP contribution >= 0.6 is 0 Å². The second-order valence-corrected chi connectivity index (χ2v) is 6.59. The maximum atomic E-state index is 11.5. The van der Waals surface area contributed by atoms with E-state index in [0.717, 1.165) is 48.6 Å². The lowest BCUT2D eigenvalue weighted by Gasteiger charge is -2.31. The van der Waals surface area contributed by atoms with E-state index in [2.05, 4.69) is 25.2 Å². The molecule has 1 aliphatic rings. The van der Waals surface area contributed by atoms with Crippen molar-refractivity contribution in [2.75, 3.05) is 25.1 Å². The summed E-state index contributed by atoms with van der Waals surface area (Å²) >= 11 is 0. The van der Waals surface area contributed by atoms with Crippen molar-refractivity contribution < 1.29 is 9.53 Å². The van der Waals surface area contributed by atoms with Crippen LogP contribution in [-0.4, -0.2) is 48.3 Å². The van der Waals surface area contributed by atoms with Crippen molar-refractivity contribution in [3.63, 3.8) is 0 Å². The number of guanidine groups is 1. The van der Waals surface area contributed by atoms with Crippen molar-refractivity contribution >= 4 is 17.9 Å². The number of amides is 2. The zero-order valence-electron chi connectivity index (χ0n) is 15.8. The third-order valence-electron chi connectivity index (χ3n) is 4.63. The van der Waals surface area contributed by atoms with Gasteiger partial charge in [0, 0.05) is 44.7 Å². The average Bonchev–Trinajstić information content (AvgIpc) is 2.72. The van der Waals surface area contributed by atoms with Crippen molar-refractivity contribution in [1.29, 1.82) is 0 Å². The summed E-state index contributed by atoms with van der Waals surface area (Å²) in [7, 11) is 1.76. The summed E-state index contributed by atoms with van der Waals surface area (Å²) in [6.45, 7) is 2.10. The number of piperidine rings is 1. The summed E-state index contributed by atoms with van der Waals surface area (Å²) in [6.07, 6.45) is 5.93. The van der Waals surface area contributed by atoms with Crippen LogP contribution in [0.1, 0.15) is 18.4 Å². The van der Waals surface area contributed by atoms with E-state index in [1.54, 1.807) is 7.11 Å². The van der Waals surface area contributed by atoms with E-state index >= 15 is 0 Å². The van der Waals surface area contributed by atoms with Crippen LogP contribution in [0, 0.1) is 0 Å². The van der Waals surface area contributed by atoms with Crippen LogP contribution in [0.5, 0.6) is 0 Å². The number of ether oxygens (including phenoxy) is 1. The second kappa shape index (κ2) is 9.14. The zero-order chi connectivity index (χ0) is 19.9. The van der Waals surface area contributed by atoms with Gasteiger partial charge in [0.25, 0.3) is 0 Å². The first-order chi connectivity index (χ1) is 13.5. The van der Waals surface area contributed by atoms with Crippen LogP contribution in [0.15, 0.2) is 41.7 Å². The zero-order valence-corrected chi connectivity index (χ0v) is 15.8. The highest BCUT2D eigenvalue weighted by Crippen LogP contribution is 2.22. The Bertz CT molecular complexity index is 826. The molecule has 0 saturated carbocycles. The fourth-order valence-electron chi connectivity index (χ4n) is 3.12. The maximum Gasteiger partial charge on any atom is 0.344 e. The van der Waals surface area contributed by atoms with Crippen LogP contribution in [0.25, 0.3) is 11.1 Å². The van der Waals surface area contributed by atoms with E-state index < -0.39 is 6.03 Å². The van der Waals surface area contributed by atoms with Crippen LogP contribution < -0.4 is 21.7 Å². The third kappa shape index (κ3) is 5.17. The van der Waals surface area contributed by atoms with E-state index in [9.17, 15) is 4.79 Å². The van der Waals surface area contributed by atoms with Crippen LogP contribution in [0.4, 0.5) is 10.7 Å². The molecule has 0 unspecified atom stereocenters. The predicted molar refractivity (Wildman–Crippen MR) is 108 cm³/mol. The van der Waals surface area contributed by atoms with Gasteiger partial charge in [0.15, 0.2) is 5.96 Å². The molecule has 0 spiro atoms. The van der Waals surface area contributed by atoms with Gasteiger partial charge in [-0.05, 0) is 30.0 Å². The molecule has 0 aliphatic carbocycles. The molecule has 9 heteroatoms. The maximum absolute atomic E-state index is 11.5. The average molecular weight is 383 g/mol. The van der Waals surface area contributed by atoms with E-state index in [4.69, 9.17) is 16.2 Å². The smallest absolute Gasteiger partial charge is 0.344 e. The molecule has 5 N–H and O–H groups in total. The Labute approximate surface area is 163 Å². The van der Waals surface area contributed by atoms with Gasteiger partial charge in [-0.15, -0.1) is 0 Å². The number of aromatic nitrogens is 2. The first kappa shape index (κ1) is 19.6. The first-order valence-electron chi connectivity index (χ1n) is 9.11. The normalized spacial score (nSPS) is 14.5. The summed E-state index contributed by atoms with van der Waals surface area (Å²) in [4.78, 5) is 26.2. The number of carbonyl (C=O) groups is 1. The highest BCUT2D eigenvalue weighted by atomic mass is 16.5. The van der Waals surface area contributed by atoms with Crippen molar-refractivity contribution in [1.82, 2.24) is 15.3 Å². The lowest BCUT2D eigenvalue weighted by Crippen LogP contribution is -2.37. The molecule has 2 aromatic rings. The van der Waals surface area contributed by atoms with Crippen molar-refractivity contribution in [2.45, 2.75) is 25.5 Å². The molecular weight excluding hydrogens is 358 g/mol. The quantitative estimate of drug-likeness (QED) is 0.523. The van der Waals surface area contributed by atoms with Crippen molar-refractivity contribution in [3.05, 3.63) is 42.2 Å². The summed E-state index contributed by atoms with van der Waals surface area (Å²) in [5.74, 6) is 0.467. The molecule has 1 aromatic heterocycles. The molecule has 2 heterocycles. The van der Waals surface area contributed by atoms with Gasteiger partial charge in [0.2, 0.25) is 5.95 Å². The number of hydrogen-bond acceptors (Lipinski definition) is 5. The first-order valence-corrected chi connectivity index (χ1v) is 9.11. The van der Waals surface area contributed by atoms with Gasteiger partial charge in [0.05, 0.1) is 6.10 Å². The number of anilines is 1. The molecule has 1 aliphatic heterocycles. The second-order valence-electron chi connectivity index (χ2n) is 6.59. The number of rotatable bonds is 5. The largest absolute Gasteiger partial charge is 0.381 e. The summed E-state index contributed by atoms with van der Waals surface area (Å²) < 4.78 is 5.40. The number of hydrogen-bond donors (Lipinski definition) is 3. The molecule has 0 atom stereocenters. The lowest BCUT2D eigenvalue weighted by molar-refractivity contribution is 0.0816. The molecule has 28 heavy (non-hydrogen) atoms. The summed E-state index contributed by atoms with van der Waals surface area (Å²) in [5.41, 5.74) is 13.2. The van der Waals surface area contributed by atoms with Crippen LogP contribution in [0.3, 0.4) is 0 Å². The number of benzene rings is 1. The molecule has 2 amide bonds. The van der Waals surface area contributed by atoms with Gasteiger partial charge in [0.1, 0.15) is 0 Å². The number of carbonyl (C=O) groups excluding carboxylic acids is 1. The SMILES string of the molecule is COC1CCN(c2ncc(-c3cccc(CNC(=O)N=C(N)N)c3)cn2)CC1. The molecule has 1 fully saturated rings. The van der Waals surface area contributed by atoms with Crippen molar-refractivity contribution in [3.8, 4) is 11.1 Å². The predicted octanol–water partition coefficient (Wildman–Crippen LogP) is 1.24. The van der Waals surface area contributed by atoms with E-state index in [-0.39, 0.29) is 5.96 Å². The number of nitrogens with two attached hydrogens (primary N) is 2. The number of nitrogens with one attached hydrogen (secondary N) is 1. The Morgan fingerprint density at radius 1 is 1.25 bits per heavy atom. The summed E-state index contributed by atoms with van der Waals surface area (Å²) in [5, 5.41) is 2.63. The molecule has 148 valence electrons. The lowest BCUT2D eigenvalue weighted by atomic mass is 10.1. The minimum atomic E-state index is -0.574. The molecule has 3 rings (SSSR count). The fourth-order valence-corrected chi connectivity index (χ4v) is 3.12. The fraction of sp³-hybridized carbons (Fsp3) is 0.368. The van der Waals surface area contributed by atoms with Gasteiger partial charge in [-0.25, -0.2) is 14.8 Å². The van der Waals surface area contributed by atoms with E-state index in [0.29, 0.717) is 12.6 Å².